The van der Waals surface area contributed by atoms with Gasteiger partial charge in [0.05, 0.1) is 12.3 Å². The zero-order valence-electron chi connectivity index (χ0n) is 7.74. The van der Waals surface area contributed by atoms with Crippen molar-refractivity contribution in [3.05, 3.63) is 24.2 Å². The molecule has 1 amide bonds. The highest BCUT2D eigenvalue weighted by molar-refractivity contribution is 5.77. The molecule has 0 bridgehead atoms. The molecule has 0 radical (unpaired) electrons. The summed E-state index contributed by atoms with van der Waals surface area (Å²) in [6.45, 7) is 1.93. The van der Waals surface area contributed by atoms with E-state index >= 15 is 0 Å². The van der Waals surface area contributed by atoms with E-state index in [1.54, 1.807) is 12.3 Å². The lowest BCUT2D eigenvalue weighted by atomic mass is 10.2. The summed E-state index contributed by atoms with van der Waals surface area (Å²) in [4.78, 5) is 11.1. The van der Waals surface area contributed by atoms with Crippen molar-refractivity contribution in [2.45, 2.75) is 13.0 Å². The molecule has 0 saturated heterocycles. The summed E-state index contributed by atoms with van der Waals surface area (Å²) >= 11 is 0. The first-order chi connectivity index (χ1) is 6.24. The van der Waals surface area contributed by atoms with Crippen molar-refractivity contribution in [2.24, 2.45) is 0 Å². The summed E-state index contributed by atoms with van der Waals surface area (Å²) in [6.07, 6.45) is 1.58. The van der Waals surface area contributed by atoms with Crippen molar-refractivity contribution in [2.75, 3.05) is 13.7 Å². The van der Waals surface area contributed by atoms with Gasteiger partial charge >= 0.3 is 0 Å². The quantitative estimate of drug-likeness (QED) is 0.760. The average Bonchev–Trinajstić information content (AvgIpc) is 2.55. The minimum Gasteiger partial charge on any atom is -0.467 e. The monoisotopic (exact) mass is 183 g/mol. The average molecular weight is 183 g/mol. The molecule has 0 aliphatic rings. The van der Waals surface area contributed by atoms with Gasteiger partial charge in [-0.25, -0.2) is 0 Å². The summed E-state index contributed by atoms with van der Waals surface area (Å²) in [5, 5.41) is 2.73. The van der Waals surface area contributed by atoms with Crippen LogP contribution in [0.3, 0.4) is 0 Å². The number of ether oxygens (including phenoxy) is 1. The van der Waals surface area contributed by atoms with Gasteiger partial charge < -0.3 is 14.5 Å². The molecule has 1 rings (SSSR count). The fraction of sp³-hybridized carbons (Fsp3) is 0.444. The van der Waals surface area contributed by atoms with E-state index in [1.807, 2.05) is 13.0 Å². The molecular weight excluding hydrogens is 170 g/mol. The van der Waals surface area contributed by atoms with Gasteiger partial charge in [-0.05, 0) is 19.1 Å². The predicted octanol–water partition coefficient (Wildman–Crippen LogP) is 1.10. The van der Waals surface area contributed by atoms with Crippen LogP contribution in [0.2, 0.25) is 0 Å². The van der Waals surface area contributed by atoms with Crippen molar-refractivity contribution in [1.82, 2.24) is 5.32 Å². The van der Waals surface area contributed by atoms with E-state index in [9.17, 15) is 4.79 Å². The maximum atomic E-state index is 11.1. The lowest BCUT2D eigenvalue weighted by molar-refractivity contribution is -0.125. The number of carbonyl (C=O) groups is 1. The molecule has 1 N–H and O–H groups in total. The van der Waals surface area contributed by atoms with E-state index in [1.165, 1.54) is 7.11 Å². The third kappa shape index (κ3) is 2.91. The number of amides is 1. The lowest BCUT2D eigenvalue weighted by Gasteiger charge is -2.10. The predicted molar refractivity (Wildman–Crippen MR) is 47.1 cm³/mol. The van der Waals surface area contributed by atoms with Gasteiger partial charge in [0.2, 0.25) is 5.91 Å². The van der Waals surface area contributed by atoms with Crippen LogP contribution in [0.1, 0.15) is 18.7 Å². The van der Waals surface area contributed by atoms with Gasteiger partial charge in [-0.15, -0.1) is 0 Å². The Kier molecular flexibility index (Phi) is 3.52. The molecule has 1 aromatic rings. The molecule has 4 nitrogen and oxygen atoms in total. The van der Waals surface area contributed by atoms with E-state index < -0.39 is 0 Å². The number of furan rings is 1. The van der Waals surface area contributed by atoms with Crippen LogP contribution >= 0.6 is 0 Å². The van der Waals surface area contributed by atoms with Gasteiger partial charge in [0.1, 0.15) is 12.4 Å². The molecule has 0 fully saturated rings. The maximum Gasteiger partial charge on any atom is 0.246 e. The van der Waals surface area contributed by atoms with Crippen molar-refractivity contribution in [3.8, 4) is 0 Å². The molecule has 1 atom stereocenters. The molecular formula is C9H13NO3. The molecule has 0 unspecified atom stereocenters. The number of nitrogens with one attached hydrogen (secondary N) is 1. The Hall–Kier alpha value is -1.29. The van der Waals surface area contributed by atoms with Crippen molar-refractivity contribution < 1.29 is 13.9 Å². The van der Waals surface area contributed by atoms with Gasteiger partial charge in [0.25, 0.3) is 0 Å². The first-order valence-electron chi connectivity index (χ1n) is 4.05. The van der Waals surface area contributed by atoms with E-state index in [4.69, 9.17) is 4.42 Å². The Labute approximate surface area is 76.9 Å². The highest BCUT2D eigenvalue weighted by atomic mass is 16.5. The molecule has 1 aromatic heterocycles. The highest BCUT2D eigenvalue weighted by Crippen LogP contribution is 2.11. The lowest BCUT2D eigenvalue weighted by Crippen LogP contribution is -2.29. The number of rotatable bonds is 4. The molecule has 0 spiro atoms. The summed E-state index contributed by atoms with van der Waals surface area (Å²) < 4.78 is 9.80. The fourth-order valence-electron chi connectivity index (χ4n) is 1.02. The molecule has 72 valence electrons. The SMILES string of the molecule is COCC(=O)N[C@H](C)c1ccco1. The zero-order valence-corrected chi connectivity index (χ0v) is 7.74. The van der Waals surface area contributed by atoms with Crippen LogP contribution in [0.5, 0.6) is 0 Å². The largest absolute Gasteiger partial charge is 0.467 e. The summed E-state index contributed by atoms with van der Waals surface area (Å²) in [5.41, 5.74) is 0. The number of methoxy groups -OCH3 is 1. The molecule has 4 heteroatoms. The van der Waals surface area contributed by atoms with Crippen LogP contribution in [-0.4, -0.2) is 19.6 Å². The van der Waals surface area contributed by atoms with Crippen LogP contribution < -0.4 is 5.32 Å². The van der Waals surface area contributed by atoms with Crippen molar-refractivity contribution in [1.29, 1.82) is 0 Å². The molecule has 0 aliphatic heterocycles. The number of hydrogen-bond donors (Lipinski definition) is 1. The number of carbonyl (C=O) groups excluding carboxylic acids is 1. The number of hydrogen-bond acceptors (Lipinski definition) is 3. The van der Waals surface area contributed by atoms with E-state index in [-0.39, 0.29) is 18.6 Å². The minimum atomic E-state index is -0.147. The summed E-state index contributed by atoms with van der Waals surface area (Å²) in [6, 6.07) is 3.49. The van der Waals surface area contributed by atoms with Crippen LogP contribution in [-0.2, 0) is 9.53 Å². The van der Waals surface area contributed by atoms with E-state index in [2.05, 4.69) is 10.1 Å². The summed E-state index contributed by atoms with van der Waals surface area (Å²) in [7, 11) is 1.48. The molecule has 1 heterocycles. The molecule has 13 heavy (non-hydrogen) atoms. The van der Waals surface area contributed by atoms with Crippen molar-refractivity contribution >= 4 is 5.91 Å². The second-order valence-corrected chi connectivity index (χ2v) is 2.74. The second kappa shape index (κ2) is 4.67. The van der Waals surface area contributed by atoms with E-state index in [0.29, 0.717) is 0 Å². The molecule has 0 aromatic carbocycles. The Morgan fingerprint density at radius 2 is 2.54 bits per heavy atom. The van der Waals surface area contributed by atoms with Gasteiger partial charge in [-0.1, -0.05) is 0 Å². The second-order valence-electron chi connectivity index (χ2n) is 2.74. The maximum absolute atomic E-state index is 11.1. The Morgan fingerprint density at radius 3 is 3.08 bits per heavy atom. The summed E-state index contributed by atoms with van der Waals surface area (Å²) in [5.74, 6) is 0.593. The van der Waals surface area contributed by atoms with Crippen molar-refractivity contribution in [3.63, 3.8) is 0 Å². The van der Waals surface area contributed by atoms with Gasteiger partial charge in [0, 0.05) is 7.11 Å². The first-order valence-corrected chi connectivity index (χ1v) is 4.05. The van der Waals surface area contributed by atoms with Crippen LogP contribution in [0.15, 0.2) is 22.8 Å². The van der Waals surface area contributed by atoms with Crippen LogP contribution in [0.25, 0.3) is 0 Å². The van der Waals surface area contributed by atoms with Crippen LogP contribution in [0.4, 0.5) is 0 Å². The first kappa shape index (κ1) is 9.80. The van der Waals surface area contributed by atoms with Gasteiger partial charge in [0.15, 0.2) is 0 Å². The third-order valence-electron chi connectivity index (χ3n) is 1.62. The highest BCUT2D eigenvalue weighted by Gasteiger charge is 2.10. The smallest absolute Gasteiger partial charge is 0.246 e. The van der Waals surface area contributed by atoms with Gasteiger partial charge in [-0.2, -0.15) is 0 Å². The fourth-order valence-corrected chi connectivity index (χ4v) is 1.02. The standard InChI is InChI=1S/C9H13NO3/c1-7(8-4-3-5-13-8)10-9(11)6-12-2/h3-5,7H,6H2,1-2H3,(H,10,11)/t7-/m1/s1. The molecule has 0 saturated carbocycles. The minimum absolute atomic E-state index is 0.0745. The van der Waals surface area contributed by atoms with Crippen LogP contribution in [0, 0.1) is 0 Å². The Morgan fingerprint density at radius 1 is 1.77 bits per heavy atom. The Bertz CT molecular complexity index is 256. The third-order valence-corrected chi connectivity index (χ3v) is 1.62. The van der Waals surface area contributed by atoms with E-state index in [0.717, 1.165) is 5.76 Å². The van der Waals surface area contributed by atoms with Gasteiger partial charge in [-0.3, -0.25) is 4.79 Å². The topological polar surface area (TPSA) is 51.5 Å². The Balaban J connectivity index is 2.42. The zero-order chi connectivity index (χ0) is 9.68. The normalized spacial score (nSPS) is 12.5. The molecule has 0 aliphatic carbocycles.